The minimum atomic E-state index is -1.82. The largest absolute Gasteiger partial charge is 0.394 e. The van der Waals surface area contributed by atoms with Gasteiger partial charge in [-0.1, -0.05) is 0 Å². The zero-order valence-electron chi connectivity index (χ0n) is 25.1. The smallest absolute Gasteiger partial charge is 0.275 e. The van der Waals surface area contributed by atoms with Crippen molar-refractivity contribution in [3.8, 4) is 22.0 Å². The Bertz CT molecular complexity index is 1780. The van der Waals surface area contributed by atoms with E-state index >= 15 is 0 Å². The highest BCUT2D eigenvalue weighted by molar-refractivity contribution is 7.13. The van der Waals surface area contributed by atoms with Crippen molar-refractivity contribution in [2.24, 2.45) is 5.92 Å². The quantitative estimate of drug-likeness (QED) is 0.164. The van der Waals surface area contributed by atoms with Crippen LogP contribution in [0.5, 0.6) is 0 Å². The predicted molar refractivity (Wildman–Crippen MR) is 161 cm³/mol. The van der Waals surface area contributed by atoms with Crippen LogP contribution >= 0.6 is 11.3 Å². The van der Waals surface area contributed by atoms with Crippen molar-refractivity contribution in [1.82, 2.24) is 29.5 Å². The molecule has 4 aromatic rings. The Morgan fingerprint density at radius 1 is 1.15 bits per heavy atom. The Hall–Kier alpha value is -3.71. The van der Waals surface area contributed by atoms with Crippen LogP contribution in [0.15, 0.2) is 36.1 Å². The number of thiazole rings is 1. The van der Waals surface area contributed by atoms with Gasteiger partial charge in [-0.3, -0.25) is 9.48 Å². The number of aromatic nitrogens is 6. The minimum Gasteiger partial charge on any atom is -0.394 e. The van der Waals surface area contributed by atoms with Crippen LogP contribution < -0.4 is 5.32 Å². The van der Waals surface area contributed by atoms with E-state index < -0.39 is 60.3 Å². The van der Waals surface area contributed by atoms with Gasteiger partial charge in [0.2, 0.25) is 5.95 Å². The Morgan fingerprint density at radius 2 is 1.94 bits per heavy atom. The maximum atomic E-state index is 14.9. The van der Waals surface area contributed by atoms with E-state index in [0.717, 1.165) is 49.2 Å². The molecule has 1 aliphatic heterocycles. The second-order valence-electron chi connectivity index (χ2n) is 12.0. The summed E-state index contributed by atoms with van der Waals surface area (Å²) in [6.45, 7) is 2.01. The first-order valence-corrected chi connectivity index (χ1v) is 16.2. The number of nitrogens with zero attached hydrogens (tertiary/aromatic N) is 6. The number of halogens is 2. The number of pyridine rings is 1. The van der Waals surface area contributed by atoms with Crippen molar-refractivity contribution >= 4 is 22.9 Å². The molecule has 1 saturated heterocycles. The molecule has 6 unspecified atom stereocenters. The highest BCUT2D eigenvalue weighted by Crippen LogP contribution is 2.54. The zero-order chi connectivity index (χ0) is 33.0. The molecular formula is C30H33F2N7O7S. The molecule has 2 saturated carbocycles. The lowest BCUT2D eigenvalue weighted by Crippen LogP contribution is -2.72. The number of hydrogen-bond donors (Lipinski definition) is 5. The van der Waals surface area contributed by atoms with Crippen molar-refractivity contribution in [1.29, 1.82) is 0 Å². The number of rotatable bonds is 9. The van der Waals surface area contributed by atoms with Crippen LogP contribution in [0.4, 0.5) is 14.5 Å². The van der Waals surface area contributed by atoms with Gasteiger partial charge in [0.15, 0.2) is 12.0 Å². The minimum absolute atomic E-state index is 0.0139. The number of carbonyl (C=O) groups excluding carboxylic acids is 1. The monoisotopic (exact) mass is 673 g/mol. The third kappa shape index (κ3) is 5.44. The van der Waals surface area contributed by atoms with Gasteiger partial charge < -0.3 is 35.2 Å². The molecule has 5 heterocycles. The Kier molecular flexibility index (Phi) is 8.40. The van der Waals surface area contributed by atoms with E-state index in [1.165, 1.54) is 16.3 Å². The molecule has 0 spiro atoms. The maximum Gasteiger partial charge on any atom is 0.275 e. The maximum absolute atomic E-state index is 14.9. The molecule has 0 aromatic carbocycles. The van der Waals surface area contributed by atoms with E-state index in [1.54, 1.807) is 17.1 Å². The number of hydrogen-bond acceptors (Lipinski definition) is 12. The van der Waals surface area contributed by atoms with E-state index in [9.17, 15) is 34.0 Å². The van der Waals surface area contributed by atoms with Crippen LogP contribution in [-0.4, -0.2) is 99.1 Å². The zero-order valence-corrected chi connectivity index (χ0v) is 25.9. The Morgan fingerprint density at radius 3 is 2.68 bits per heavy atom. The summed E-state index contributed by atoms with van der Waals surface area (Å²) in [5.74, 6) is -3.22. The molecule has 6 atom stereocenters. The summed E-state index contributed by atoms with van der Waals surface area (Å²) in [5, 5.41) is 54.5. The van der Waals surface area contributed by atoms with Crippen molar-refractivity contribution in [3.63, 3.8) is 0 Å². The van der Waals surface area contributed by atoms with Crippen molar-refractivity contribution in [3.05, 3.63) is 53.6 Å². The summed E-state index contributed by atoms with van der Waals surface area (Å²) in [7, 11) is 0. The first-order valence-electron chi connectivity index (χ1n) is 15.3. The number of ether oxygens (including phenoxy) is 2. The van der Waals surface area contributed by atoms with Crippen molar-refractivity contribution < 1.29 is 43.5 Å². The summed E-state index contributed by atoms with van der Waals surface area (Å²) in [5.41, 5.74) is -1.47. The molecule has 0 radical (unpaired) electrons. The predicted octanol–water partition coefficient (Wildman–Crippen LogP) is 2.29. The van der Waals surface area contributed by atoms with E-state index in [4.69, 9.17) is 9.47 Å². The lowest BCUT2D eigenvalue weighted by Gasteiger charge is -2.50. The van der Waals surface area contributed by atoms with Crippen LogP contribution in [0, 0.1) is 17.7 Å². The van der Waals surface area contributed by atoms with Crippen LogP contribution in [-0.2, 0) is 9.47 Å². The SMILES string of the molecule is CCOC1CCC(n2cc(NC(=O)c3csc(-c4cnn(C5OC(CO)C6(O)C(O)C(O)C56)c4)n3)c(-c3nc(F)ccc3F)n2)CC1. The van der Waals surface area contributed by atoms with Gasteiger partial charge in [0.05, 0.1) is 42.7 Å². The molecule has 17 heteroatoms. The summed E-state index contributed by atoms with van der Waals surface area (Å²) < 4.78 is 43.4. The fourth-order valence-corrected chi connectivity index (χ4v) is 7.60. The Balaban J connectivity index is 1.11. The number of amides is 1. The van der Waals surface area contributed by atoms with E-state index in [-0.39, 0.29) is 34.9 Å². The van der Waals surface area contributed by atoms with Gasteiger partial charge in [-0.15, -0.1) is 11.3 Å². The van der Waals surface area contributed by atoms with Crippen LogP contribution in [0.2, 0.25) is 0 Å². The molecular weight excluding hydrogens is 640 g/mol. The summed E-state index contributed by atoms with van der Waals surface area (Å²) >= 11 is 1.16. The van der Waals surface area contributed by atoms with Crippen molar-refractivity contribution in [2.45, 2.75) is 74.9 Å². The topological polar surface area (TPSA) is 190 Å². The van der Waals surface area contributed by atoms with Gasteiger partial charge in [-0.25, -0.2) is 19.0 Å². The summed E-state index contributed by atoms with van der Waals surface area (Å²) in [6.07, 6.45) is 3.10. The first kappa shape index (κ1) is 31.9. The molecule has 7 rings (SSSR count). The average molecular weight is 674 g/mol. The molecule has 14 nitrogen and oxygen atoms in total. The van der Waals surface area contributed by atoms with E-state index in [2.05, 4.69) is 25.5 Å². The average Bonchev–Trinajstić information content (AvgIpc) is 3.87. The van der Waals surface area contributed by atoms with Crippen molar-refractivity contribution in [2.75, 3.05) is 18.5 Å². The van der Waals surface area contributed by atoms with Crippen LogP contribution in [0.1, 0.15) is 55.4 Å². The highest BCUT2D eigenvalue weighted by Gasteiger charge is 2.72. The molecule has 5 N–H and O–H groups in total. The summed E-state index contributed by atoms with van der Waals surface area (Å²) in [6, 6.07) is 1.83. The third-order valence-corrected chi connectivity index (χ3v) is 10.2. The van der Waals surface area contributed by atoms with Gasteiger partial charge in [-0.05, 0) is 44.7 Å². The van der Waals surface area contributed by atoms with Gasteiger partial charge in [0.25, 0.3) is 5.91 Å². The Labute approximate surface area is 270 Å². The summed E-state index contributed by atoms with van der Waals surface area (Å²) in [4.78, 5) is 21.6. The third-order valence-electron chi connectivity index (χ3n) is 9.27. The van der Waals surface area contributed by atoms with Gasteiger partial charge in [0, 0.05) is 29.9 Å². The van der Waals surface area contributed by atoms with Crippen LogP contribution in [0.3, 0.4) is 0 Å². The lowest BCUT2D eigenvalue weighted by molar-refractivity contribution is -0.261. The van der Waals surface area contributed by atoms with Crippen LogP contribution in [0.25, 0.3) is 22.0 Å². The normalized spacial score (nSPS) is 30.2. The molecule has 4 aromatic heterocycles. The van der Waals surface area contributed by atoms with E-state index in [0.29, 0.717) is 17.2 Å². The van der Waals surface area contributed by atoms with Gasteiger partial charge >= 0.3 is 0 Å². The fraction of sp³-hybridized carbons (Fsp3) is 0.500. The fourth-order valence-electron chi connectivity index (χ4n) is 6.83. The molecule has 250 valence electrons. The van der Waals surface area contributed by atoms with Gasteiger partial charge in [0.1, 0.15) is 39.9 Å². The molecule has 0 bridgehead atoms. The second-order valence-corrected chi connectivity index (χ2v) is 12.8. The number of fused-ring (bicyclic) bond motifs is 1. The molecule has 2 aliphatic carbocycles. The number of aliphatic hydroxyl groups is 4. The number of anilines is 1. The highest BCUT2D eigenvalue weighted by atomic mass is 32.1. The number of nitrogens with one attached hydrogen (secondary N) is 1. The first-order chi connectivity index (χ1) is 22.6. The lowest BCUT2D eigenvalue weighted by atomic mass is 9.62. The molecule has 3 aliphatic rings. The van der Waals surface area contributed by atoms with Gasteiger partial charge in [-0.2, -0.15) is 14.6 Å². The second kappa shape index (κ2) is 12.4. The standard InChI is InChI=1S/C30H33F2N7O7S/c1-2-45-16-5-3-15(4-6-16)38-11-18(24(37-38)23-17(31)7-8-21(32)36-23)34-27(43)19-13-47-28(35-19)14-9-33-39(10-14)29-22-25(41)26(42)30(22,44)20(12-40)46-29/h7-11,13,15-16,20,22,25-26,29,40-42,44H,2-6,12H2,1H3,(H,34,43). The molecule has 3 fully saturated rings. The number of carbonyl (C=O) groups is 1. The van der Waals surface area contributed by atoms with E-state index in [1.807, 2.05) is 6.92 Å². The number of aliphatic hydroxyl groups excluding tert-OH is 3. The molecule has 47 heavy (non-hydrogen) atoms. The molecule has 1 amide bonds.